The number of carbonyl (C=O) groups excluding carboxylic acids is 2. The number of hydrazine groups is 1. The van der Waals surface area contributed by atoms with Crippen LogP contribution in [0.2, 0.25) is 5.02 Å². The highest BCUT2D eigenvalue weighted by molar-refractivity contribution is 6.33. The summed E-state index contributed by atoms with van der Waals surface area (Å²) in [4.78, 5) is 24.8. The maximum Gasteiger partial charge on any atom is 0.282 e. The molecule has 2 amide bonds. The van der Waals surface area contributed by atoms with Gasteiger partial charge >= 0.3 is 0 Å². The molecular formula is C20H11ClF2N2O3. The van der Waals surface area contributed by atoms with Crippen LogP contribution in [0.5, 0.6) is 0 Å². The molecule has 2 aromatic carbocycles. The van der Waals surface area contributed by atoms with Crippen LogP contribution in [0.15, 0.2) is 64.6 Å². The normalized spacial score (nSPS) is 15.4. The highest BCUT2D eigenvalue weighted by Crippen LogP contribution is 2.28. The van der Waals surface area contributed by atoms with E-state index in [0.717, 1.165) is 17.1 Å². The van der Waals surface area contributed by atoms with Crippen LogP contribution < -0.4 is 10.4 Å². The first-order chi connectivity index (χ1) is 13.4. The Hall–Kier alpha value is -3.45. The Morgan fingerprint density at radius 1 is 1.04 bits per heavy atom. The summed E-state index contributed by atoms with van der Waals surface area (Å²) in [6.45, 7) is 0. The second-order valence-corrected chi connectivity index (χ2v) is 6.38. The van der Waals surface area contributed by atoms with Gasteiger partial charge in [0.1, 0.15) is 28.7 Å². The van der Waals surface area contributed by atoms with E-state index in [0.29, 0.717) is 10.7 Å². The predicted molar refractivity (Wildman–Crippen MR) is 99.1 cm³/mol. The second kappa shape index (κ2) is 6.94. The van der Waals surface area contributed by atoms with Crippen molar-refractivity contribution in [2.24, 2.45) is 0 Å². The topological polar surface area (TPSA) is 62.6 Å². The van der Waals surface area contributed by atoms with Gasteiger partial charge in [0, 0.05) is 11.1 Å². The van der Waals surface area contributed by atoms with Gasteiger partial charge in [0.25, 0.3) is 11.8 Å². The standard InChI is InChI=1S/C20H11ClF2N2O3/c21-11-2-1-3-13(8-11)25-20(27)16(19(26)24-25)10-14-5-7-18(28-14)15-6-4-12(22)9-17(15)23/h1-10H,(H,24,26). The van der Waals surface area contributed by atoms with Crippen LogP contribution in [0, 0.1) is 11.6 Å². The smallest absolute Gasteiger partial charge is 0.282 e. The Kier molecular flexibility index (Phi) is 4.44. The molecule has 2 heterocycles. The van der Waals surface area contributed by atoms with Gasteiger partial charge < -0.3 is 4.42 Å². The lowest BCUT2D eigenvalue weighted by Gasteiger charge is -2.14. The number of rotatable bonds is 3. The molecule has 0 atom stereocenters. The third kappa shape index (κ3) is 3.27. The van der Waals surface area contributed by atoms with Gasteiger partial charge in [-0.1, -0.05) is 17.7 Å². The number of nitrogens with one attached hydrogen (secondary N) is 1. The van der Waals surface area contributed by atoms with E-state index in [9.17, 15) is 18.4 Å². The molecule has 0 radical (unpaired) electrons. The Bertz CT molecular complexity index is 1140. The molecule has 140 valence electrons. The zero-order valence-electron chi connectivity index (χ0n) is 14.1. The van der Waals surface area contributed by atoms with Crippen molar-refractivity contribution in [1.29, 1.82) is 0 Å². The molecule has 0 bridgehead atoms. The predicted octanol–water partition coefficient (Wildman–Crippen LogP) is 4.34. The molecule has 1 aliphatic rings. The molecule has 0 spiro atoms. The van der Waals surface area contributed by atoms with Gasteiger partial charge in [0.2, 0.25) is 0 Å². The van der Waals surface area contributed by atoms with E-state index in [4.69, 9.17) is 16.0 Å². The fourth-order valence-electron chi connectivity index (χ4n) is 2.76. The molecule has 0 aliphatic carbocycles. The molecule has 1 N–H and O–H groups in total. The van der Waals surface area contributed by atoms with Gasteiger partial charge in [0.05, 0.1) is 11.3 Å². The summed E-state index contributed by atoms with van der Waals surface area (Å²) in [5, 5.41) is 1.48. The lowest BCUT2D eigenvalue weighted by Crippen LogP contribution is -2.35. The lowest BCUT2D eigenvalue weighted by molar-refractivity contribution is -0.117. The van der Waals surface area contributed by atoms with Crippen LogP contribution in [-0.2, 0) is 9.59 Å². The number of furan rings is 1. The summed E-state index contributed by atoms with van der Waals surface area (Å²) in [6.07, 6.45) is 1.26. The highest BCUT2D eigenvalue weighted by atomic mass is 35.5. The maximum absolute atomic E-state index is 13.9. The van der Waals surface area contributed by atoms with Crippen molar-refractivity contribution in [2.45, 2.75) is 0 Å². The van der Waals surface area contributed by atoms with Crippen LogP contribution in [0.3, 0.4) is 0 Å². The fourth-order valence-corrected chi connectivity index (χ4v) is 2.95. The molecule has 28 heavy (non-hydrogen) atoms. The average Bonchev–Trinajstić information content (AvgIpc) is 3.22. The van der Waals surface area contributed by atoms with Gasteiger partial charge in [-0.3, -0.25) is 15.0 Å². The second-order valence-electron chi connectivity index (χ2n) is 5.95. The maximum atomic E-state index is 13.9. The van der Waals surface area contributed by atoms with E-state index in [-0.39, 0.29) is 22.7 Å². The molecule has 0 unspecified atom stereocenters. The van der Waals surface area contributed by atoms with Gasteiger partial charge in [0.15, 0.2) is 0 Å². The summed E-state index contributed by atoms with van der Waals surface area (Å²) in [5.41, 5.74) is 2.76. The zero-order valence-corrected chi connectivity index (χ0v) is 14.8. The van der Waals surface area contributed by atoms with Crippen molar-refractivity contribution in [3.63, 3.8) is 0 Å². The van der Waals surface area contributed by atoms with Crippen molar-refractivity contribution >= 4 is 35.2 Å². The molecule has 4 rings (SSSR count). The number of halogens is 3. The van der Waals surface area contributed by atoms with Crippen LogP contribution >= 0.6 is 11.6 Å². The first-order valence-corrected chi connectivity index (χ1v) is 8.48. The van der Waals surface area contributed by atoms with Crippen molar-refractivity contribution in [3.05, 3.63) is 82.6 Å². The Morgan fingerprint density at radius 3 is 2.61 bits per heavy atom. The third-order valence-electron chi connectivity index (χ3n) is 4.07. The molecule has 5 nitrogen and oxygen atoms in total. The van der Waals surface area contributed by atoms with Crippen LogP contribution in [-0.4, -0.2) is 11.8 Å². The number of carbonyl (C=O) groups is 2. The number of nitrogens with zero attached hydrogens (tertiary/aromatic N) is 1. The number of hydrogen-bond acceptors (Lipinski definition) is 3. The summed E-state index contributed by atoms with van der Waals surface area (Å²) in [7, 11) is 0. The molecule has 3 aromatic rings. The largest absolute Gasteiger partial charge is 0.457 e. The molecule has 1 saturated heterocycles. The Balaban J connectivity index is 1.63. The zero-order chi connectivity index (χ0) is 19.8. The van der Waals surface area contributed by atoms with E-state index in [1.54, 1.807) is 18.2 Å². The first kappa shape index (κ1) is 17.9. The van der Waals surface area contributed by atoms with Gasteiger partial charge in [-0.2, -0.15) is 0 Å². The van der Waals surface area contributed by atoms with Crippen molar-refractivity contribution in [2.75, 3.05) is 5.01 Å². The summed E-state index contributed by atoms with van der Waals surface area (Å²) in [6, 6.07) is 12.5. The minimum atomic E-state index is -0.782. The summed E-state index contributed by atoms with van der Waals surface area (Å²) < 4.78 is 32.4. The molecule has 0 saturated carbocycles. The van der Waals surface area contributed by atoms with E-state index in [1.165, 1.54) is 30.3 Å². The third-order valence-corrected chi connectivity index (χ3v) is 4.30. The SMILES string of the molecule is O=C1NN(c2cccc(Cl)c2)C(=O)C1=Cc1ccc(-c2ccc(F)cc2F)o1. The van der Waals surface area contributed by atoms with Crippen LogP contribution in [0.1, 0.15) is 5.76 Å². The number of amides is 2. The number of benzene rings is 2. The molecule has 8 heteroatoms. The minimum absolute atomic E-state index is 0.0637. The molecular weight excluding hydrogens is 390 g/mol. The monoisotopic (exact) mass is 400 g/mol. The molecule has 1 aromatic heterocycles. The van der Waals surface area contributed by atoms with Crippen molar-refractivity contribution in [3.8, 4) is 11.3 Å². The van der Waals surface area contributed by atoms with E-state index < -0.39 is 23.4 Å². The highest BCUT2D eigenvalue weighted by Gasteiger charge is 2.34. The lowest BCUT2D eigenvalue weighted by atomic mass is 10.1. The van der Waals surface area contributed by atoms with Gasteiger partial charge in [-0.15, -0.1) is 0 Å². The van der Waals surface area contributed by atoms with Crippen molar-refractivity contribution < 1.29 is 22.8 Å². The minimum Gasteiger partial charge on any atom is -0.457 e. The van der Waals surface area contributed by atoms with E-state index in [1.807, 2.05) is 0 Å². The Morgan fingerprint density at radius 2 is 1.86 bits per heavy atom. The molecule has 1 fully saturated rings. The van der Waals surface area contributed by atoms with E-state index in [2.05, 4.69) is 5.43 Å². The summed E-state index contributed by atoms with van der Waals surface area (Å²) in [5.74, 6) is -2.37. The number of hydrogen-bond donors (Lipinski definition) is 1. The summed E-state index contributed by atoms with van der Waals surface area (Å²) >= 11 is 5.92. The van der Waals surface area contributed by atoms with Crippen LogP contribution in [0.25, 0.3) is 17.4 Å². The Labute approximate surface area is 162 Å². The first-order valence-electron chi connectivity index (χ1n) is 8.10. The van der Waals surface area contributed by atoms with E-state index >= 15 is 0 Å². The van der Waals surface area contributed by atoms with Crippen molar-refractivity contribution in [1.82, 2.24) is 5.43 Å². The average molecular weight is 401 g/mol. The molecule has 1 aliphatic heterocycles. The van der Waals surface area contributed by atoms with Crippen LogP contribution in [0.4, 0.5) is 14.5 Å². The quantitative estimate of drug-likeness (QED) is 0.525. The fraction of sp³-hybridized carbons (Fsp3) is 0. The number of anilines is 1. The van der Waals surface area contributed by atoms with Gasteiger partial charge in [-0.05, 0) is 48.5 Å². The van der Waals surface area contributed by atoms with Gasteiger partial charge in [-0.25, -0.2) is 13.8 Å².